The Hall–Kier alpha value is -2.28. The molecular weight excluding hydrogens is 204 g/mol. The maximum atomic E-state index is 9.60. The molecule has 0 saturated carbocycles. The van der Waals surface area contributed by atoms with Crippen LogP contribution in [0.15, 0.2) is 22.7 Å². The molecule has 1 N–H and O–H groups in total. The maximum Gasteiger partial charge on any atom is 0.141 e. The lowest BCUT2D eigenvalue weighted by molar-refractivity contribution is 0.393. The Bertz CT molecular complexity index is 560. The van der Waals surface area contributed by atoms with Crippen LogP contribution in [0.4, 0.5) is 0 Å². The van der Waals surface area contributed by atoms with Crippen LogP contribution in [0.5, 0.6) is 5.75 Å². The number of rotatable bonds is 1. The minimum atomic E-state index is -0.0278. The fourth-order valence-corrected chi connectivity index (χ4v) is 1.68. The van der Waals surface area contributed by atoms with Gasteiger partial charge in [0.15, 0.2) is 0 Å². The summed E-state index contributed by atoms with van der Waals surface area (Å²) in [5, 5.41) is 22.1. The van der Waals surface area contributed by atoms with Gasteiger partial charge in [0.1, 0.15) is 17.6 Å². The van der Waals surface area contributed by atoms with Crippen molar-refractivity contribution in [2.24, 2.45) is 0 Å². The van der Waals surface area contributed by atoms with Gasteiger partial charge in [-0.25, -0.2) is 0 Å². The Morgan fingerprint density at radius 2 is 2.12 bits per heavy atom. The highest BCUT2D eigenvalue weighted by Gasteiger charge is 2.12. The van der Waals surface area contributed by atoms with Crippen LogP contribution >= 0.6 is 0 Å². The highest BCUT2D eigenvalue weighted by atomic mass is 16.5. The second kappa shape index (κ2) is 3.70. The molecule has 0 radical (unpaired) electrons. The highest BCUT2D eigenvalue weighted by Crippen LogP contribution is 2.30. The summed E-state index contributed by atoms with van der Waals surface area (Å²) in [5.41, 5.74) is 2.68. The first-order valence-electron chi connectivity index (χ1n) is 4.80. The molecule has 0 aliphatic carbocycles. The largest absolute Gasteiger partial charge is 0.507 e. The Balaban J connectivity index is 2.59. The van der Waals surface area contributed by atoms with Gasteiger partial charge in [-0.2, -0.15) is 5.26 Å². The molecule has 0 spiro atoms. The zero-order chi connectivity index (χ0) is 11.7. The zero-order valence-corrected chi connectivity index (χ0v) is 8.98. The number of aromatic hydroxyl groups is 1. The van der Waals surface area contributed by atoms with E-state index >= 15 is 0 Å². The molecule has 0 aliphatic rings. The number of aromatic nitrogens is 1. The van der Waals surface area contributed by atoms with E-state index in [-0.39, 0.29) is 11.3 Å². The minimum Gasteiger partial charge on any atom is -0.507 e. The summed E-state index contributed by atoms with van der Waals surface area (Å²) in [4.78, 5) is 0. The molecule has 0 atom stereocenters. The van der Waals surface area contributed by atoms with Crippen molar-refractivity contribution in [3.63, 3.8) is 0 Å². The summed E-state index contributed by atoms with van der Waals surface area (Å²) in [6.45, 7) is 3.64. The van der Waals surface area contributed by atoms with Gasteiger partial charge < -0.3 is 9.63 Å². The lowest BCUT2D eigenvalue weighted by Crippen LogP contribution is -1.83. The van der Waals surface area contributed by atoms with Crippen molar-refractivity contribution in [3.05, 3.63) is 35.2 Å². The second-order valence-corrected chi connectivity index (χ2v) is 3.54. The number of nitrogens with zero attached hydrogens (tertiary/aromatic N) is 2. The molecule has 0 unspecified atom stereocenters. The predicted octanol–water partition coefficient (Wildman–Crippen LogP) is 2.54. The van der Waals surface area contributed by atoms with Crippen LogP contribution in [-0.2, 0) is 0 Å². The number of phenolic OH excluding ortho intramolecular Hbond substituents is 1. The molecule has 0 saturated heterocycles. The van der Waals surface area contributed by atoms with E-state index in [4.69, 9.17) is 9.78 Å². The van der Waals surface area contributed by atoms with Gasteiger partial charge >= 0.3 is 0 Å². The third kappa shape index (κ3) is 1.52. The summed E-state index contributed by atoms with van der Waals surface area (Å²) in [6, 6.07) is 6.80. The Morgan fingerprint density at radius 1 is 1.38 bits per heavy atom. The van der Waals surface area contributed by atoms with E-state index in [0.717, 1.165) is 16.8 Å². The number of phenols is 1. The summed E-state index contributed by atoms with van der Waals surface area (Å²) >= 11 is 0. The summed E-state index contributed by atoms with van der Waals surface area (Å²) in [5.74, 6) is 0.668. The SMILES string of the molecule is Cc1noc(C)c1-c1ccc(C#N)c(O)c1. The fraction of sp³-hybridized carbons (Fsp3) is 0.167. The molecule has 4 heteroatoms. The van der Waals surface area contributed by atoms with E-state index in [1.54, 1.807) is 18.2 Å². The monoisotopic (exact) mass is 214 g/mol. The summed E-state index contributed by atoms with van der Waals surface area (Å²) in [7, 11) is 0. The van der Waals surface area contributed by atoms with Gasteiger partial charge in [-0.05, 0) is 31.5 Å². The highest BCUT2D eigenvalue weighted by molar-refractivity contribution is 5.70. The second-order valence-electron chi connectivity index (χ2n) is 3.54. The van der Waals surface area contributed by atoms with Crippen LogP contribution in [0.1, 0.15) is 17.0 Å². The zero-order valence-electron chi connectivity index (χ0n) is 8.98. The predicted molar refractivity (Wildman–Crippen MR) is 57.8 cm³/mol. The molecule has 4 nitrogen and oxygen atoms in total. The van der Waals surface area contributed by atoms with Crippen molar-refractivity contribution in [1.82, 2.24) is 5.16 Å². The molecule has 1 heterocycles. The first-order chi connectivity index (χ1) is 7.63. The van der Waals surface area contributed by atoms with Crippen molar-refractivity contribution in [3.8, 4) is 22.9 Å². The quantitative estimate of drug-likeness (QED) is 0.791. The summed E-state index contributed by atoms with van der Waals surface area (Å²) < 4.78 is 5.05. The molecule has 2 aromatic rings. The molecule has 80 valence electrons. The lowest BCUT2D eigenvalue weighted by atomic mass is 10.0. The topological polar surface area (TPSA) is 70.0 Å². The van der Waals surface area contributed by atoms with E-state index in [9.17, 15) is 5.11 Å². The maximum absolute atomic E-state index is 9.60. The van der Waals surface area contributed by atoms with Crippen molar-refractivity contribution in [2.45, 2.75) is 13.8 Å². The van der Waals surface area contributed by atoms with Crippen LogP contribution < -0.4 is 0 Å². The van der Waals surface area contributed by atoms with Gasteiger partial charge in [-0.1, -0.05) is 11.2 Å². The van der Waals surface area contributed by atoms with Crippen LogP contribution in [0.2, 0.25) is 0 Å². The van der Waals surface area contributed by atoms with E-state index in [2.05, 4.69) is 5.16 Å². The molecule has 2 rings (SSSR count). The van der Waals surface area contributed by atoms with E-state index in [1.165, 1.54) is 0 Å². The number of hydrogen-bond acceptors (Lipinski definition) is 4. The Labute approximate surface area is 92.7 Å². The smallest absolute Gasteiger partial charge is 0.141 e. The molecule has 0 aliphatic heterocycles. The van der Waals surface area contributed by atoms with Gasteiger partial charge in [-0.3, -0.25) is 0 Å². The molecule has 1 aromatic heterocycles. The van der Waals surface area contributed by atoms with Gasteiger partial charge in [-0.15, -0.1) is 0 Å². The normalized spacial score (nSPS) is 10.1. The summed E-state index contributed by atoms with van der Waals surface area (Å²) in [6.07, 6.45) is 0. The molecule has 16 heavy (non-hydrogen) atoms. The van der Waals surface area contributed by atoms with Crippen molar-refractivity contribution in [2.75, 3.05) is 0 Å². The van der Waals surface area contributed by atoms with E-state index < -0.39 is 0 Å². The number of hydrogen-bond donors (Lipinski definition) is 1. The molecule has 0 bridgehead atoms. The van der Waals surface area contributed by atoms with E-state index in [1.807, 2.05) is 19.9 Å². The van der Waals surface area contributed by atoms with Crippen molar-refractivity contribution < 1.29 is 9.63 Å². The average molecular weight is 214 g/mol. The lowest BCUT2D eigenvalue weighted by Gasteiger charge is -2.02. The molecule has 0 fully saturated rings. The van der Waals surface area contributed by atoms with Crippen LogP contribution in [-0.4, -0.2) is 10.3 Å². The third-order valence-corrected chi connectivity index (χ3v) is 2.44. The first-order valence-corrected chi connectivity index (χ1v) is 4.80. The Morgan fingerprint density at radius 3 is 2.62 bits per heavy atom. The Kier molecular flexibility index (Phi) is 2.37. The third-order valence-electron chi connectivity index (χ3n) is 2.44. The molecular formula is C12H10N2O2. The van der Waals surface area contributed by atoms with Crippen molar-refractivity contribution in [1.29, 1.82) is 5.26 Å². The standard InChI is InChI=1S/C12H10N2O2/c1-7-12(8(2)16-14-7)9-3-4-10(6-13)11(15)5-9/h3-5,15H,1-2H3. The number of benzene rings is 1. The fourth-order valence-electron chi connectivity index (χ4n) is 1.68. The minimum absolute atomic E-state index is 0.0278. The van der Waals surface area contributed by atoms with E-state index in [0.29, 0.717) is 5.76 Å². The van der Waals surface area contributed by atoms with Gasteiger partial charge in [0.25, 0.3) is 0 Å². The van der Waals surface area contributed by atoms with Gasteiger partial charge in [0.2, 0.25) is 0 Å². The van der Waals surface area contributed by atoms with Gasteiger partial charge in [0.05, 0.1) is 11.3 Å². The van der Waals surface area contributed by atoms with Crippen LogP contribution in [0.25, 0.3) is 11.1 Å². The van der Waals surface area contributed by atoms with Gasteiger partial charge in [0, 0.05) is 5.56 Å². The first kappa shape index (κ1) is 10.2. The van der Waals surface area contributed by atoms with Crippen LogP contribution in [0.3, 0.4) is 0 Å². The van der Waals surface area contributed by atoms with Crippen molar-refractivity contribution >= 4 is 0 Å². The molecule has 0 amide bonds. The number of nitriles is 1. The number of aryl methyl sites for hydroxylation is 2. The van der Waals surface area contributed by atoms with Crippen LogP contribution in [0, 0.1) is 25.2 Å². The average Bonchev–Trinajstić information content (AvgIpc) is 2.58. The molecule has 1 aromatic carbocycles.